The number of fused-ring (bicyclic) bond motifs is 1. The van der Waals surface area contributed by atoms with Gasteiger partial charge < -0.3 is 21.3 Å². The van der Waals surface area contributed by atoms with Gasteiger partial charge in [0.25, 0.3) is 0 Å². The van der Waals surface area contributed by atoms with Crippen LogP contribution in [0.1, 0.15) is 6.42 Å². The van der Waals surface area contributed by atoms with Crippen LogP contribution in [-0.4, -0.2) is 45.0 Å². The van der Waals surface area contributed by atoms with Crippen LogP contribution in [0.2, 0.25) is 0 Å². The zero-order valence-electron chi connectivity index (χ0n) is 18.8. The maximum Gasteiger partial charge on any atom is 0.247 e. The molecule has 176 valence electrons. The van der Waals surface area contributed by atoms with E-state index < -0.39 is 5.82 Å². The van der Waals surface area contributed by atoms with Crippen LogP contribution < -0.4 is 21.3 Å². The number of benzene rings is 1. The summed E-state index contributed by atoms with van der Waals surface area (Å²) in [7, 11) is 0. The second-order valence-electron chi connectivity index (χ2n) is 8.07. The average molecular weight is 471 g/mol. The van der Waals surface area contributed by atoms with Crippen LogP contribution >= 0.6 is 0 Å². The van der Waals surface area contributed by atoms with Crippen LogP contribution in [-0.2, 0) is 4.79 Å². The van der Waals surface area contributed by atoms with Crippen LogP contribution in [0, 0.1) is 5.82 Å². The normalized spacial score (nSPS) is 15.1. The van der Waals surface area contributed by atoms with Crippen molar-refractivity contribution in [3.63, 3.8) is 0 Å². The zero-order valence-corrected chi connectivity index (χ0v) is 18.8. The number of nitrogens with zero attached hydrogens (tertiary/aromatic N) is 4. The molecule has 1 aliphatic heterocycles. The highest BCUT2D eigenvalue weighted by molar-refractivity contribution is 6.00. The summed E-state index contributed by atoms with van der Waals surface area (Å²) in [4.78, 5) is 29.3. The lowest BCUT2D eigenvalue weighted by molar-refractivity contribution is -0.111. The summed E-state index contributed by atoms with van der Waals surface area (Å²) in [5.41, 5.74) is 2.10. The quantitative estimate of drug-likeness (QED) is 0.301. The van der Waals surface area contributed by atoms with Crippen LogP contribution in [0.5, 0.6) is 0 Å². The number of halogens is 1. The predicted molar refractivity (Wildman–Crippen MR) is 134 cm³/mol. The molecule has 0 bridgehead atoms. The maximum absolute atomic E-state index is 15.0. The summed E-state index contributed by atoms with van der Waals surface area (Å²) in [5.74, 6) is 0.231. The third kappa shape index (κ3) is 5.07. The van der Waals surface area contributed by atoms with Gasteiger partial charge in [-0.05, 0) is 55.4 Å². The Morgan fingerprint density at radius 3 is 2.80 bits per heavy atom. The molecule has 1 aromatic carbocycles. The monoisotopic (exact) mass is 470 g/mol. The van der Waals surface area contributed by atoms with Gasteiger partial charge in [-0.2, -0.15) is 0 Å². The van der Waals surface area contributed by atoms with Crippen LogP contribution in [0.15, 0.2) is 67.6 Å². The fourth-order valence-electron chi connectivity index (χ4n) is 3.88. The van der Waals surface area contributed by atoms with E-state index in [1.165, 1.54) is 12.3 Å². The van der Waals surface area contributed by atoms with Crippen LogP contribution in [0.25, 0.3) is 22.2 Å². The summed E-state index contributed by atoms with van der Waals surface area (Å²) < 4.78 is 15.0. The van der Waals surface area contributed by atoms with Gasteiger partial charge in [0.15, 0.2) is 0 Å². The van der Waals surface area contributed by atoms with Crippen molar-refractivity contribution in [2.24, 2.45) is 0 Å². The van der Waals surface area contributed by atoms with Crippen LogP contribution in [0.3, 0.4) is 0 Å². The van der Waals surface area contributed by atoms with E-state index in [4.69, 9.17) is 0 Å². The molecule has 1 saturated heterocycles. The van der Waals surface area contributed by atoms with Gasteiger partial charge in [0.05, 0.1) is 28.7 Å². The van der Waals surface area contributed by atoms with Crippen molar-refractivity contribution < 1.29 is 9.18 Å². The zero-order chi connectivity index (χ0) is 24.2. The molecule has 0 saturated carbocycles. The van der Waals surface area contributed by atoms with Gasteiger partial charge in [0.1, 0.15) is 11.6 Å². The Labute approximate surface area is 200 Å². The van der Waals surface area contributed by atoms with Gasteiger partial charge in [0, 0.05) is 36.1 Å². The molecule has 1 fully saturated rings. The largest absolute Gasteiger partial charge is 0.366 e. The topological polar surface area (TPSA) is 117 Å². The molecule has 0 radical (unpaired) electrons. The Balaban J connectivity index is 1.43. The van der Waals surface area contributed by atoms with Crippen LogP contribution in [0.4, 0.5) is 27.5 Å². The third-order valence-electron chi connectivity index (χ3n) is 5.60. The number of hydrogen-bond acceptors (Lipinski definition) is 8. The number of anilines is 4. The average Bonchev–Trinajstić information content (AvgIpc) is 3.38. The lowest BCUT2D eigenvalue weighted by Crippen LogP contribution is -2.22. The maximum atomic E-state index is 15.0. The molecule has 1 aliphatic rings. The number of amides is 1. The minimum atomic E-state index is -0.486. The second-order valence-corrected chi connectivity index (χ2v) is 8.07. The summed E-state index contributed by atoms with van der Waals surface area (Å²) in [5, 5.41) is 13.1. The number of hydrogen-bond donors (Lipinski definition) is 4. The second kappa shape index (κ2) is 9.82. The fraction of sp³-hybridized carbons (Fsp3) is 0.160. The third-order valence-corrected chi connectivity index (χ3v) is 5.60. The first-order valence-electron chi connectivity index (χ1n) is 11.1. The van der Waals surface area contributed by atoms with Gasteiger partial charge >= 0.3 is 0 Å². The SMILES string of the molecule is C=CC(=O)Nc1ccnc(-c2c(F)ccc3cnc(Nc4ccc(NC5CCNC5)nc4)nc23)c1. The van der Waals surface area contributed by atoms with Gasteiger partial charge in [-0.3, -0.25) is 9.78 Å². The van der Waals surface area contributed by atoms with Gasteiger partial charge in [-0.15, -0.1) is 0 Å². The van der Waals surface area contributed by atoms with Gasteiger partial charge in [-0.1, -0.05) is 6.58 Å². The standard InChI is InChI=1S/C25H23FN8O/c1-2-22(35)32-16-8-10-28-20(11-16)23-19(26)5-3-15-12-30-25(34-24(15)23)33-17-4-6-21(29-14-17)31-18-7-9-27-13-18/h2-6,8,10-12,14,18,27H,1,7,9,13H2,(H,29,31)(H,28,32,35)(H,30,33,34). The minimum absolute atomic E-state index is 0.213. The van der Waals surface area contributed by atoms with Gasteiger partial charge in [-0.25, -0.2) is 19.3 Å². The number of nitrogens with one attached hydrogen (secondary N) is 4. The number of carbonyl (C=O) groups excluding carboxylic acids is 1. The first-order valence-corrected chi connectivity index (χ1v) is 11.1. The Morgan fingerprint density at radius 1 is 1.11 bits per heavy atom. The van der Waals surface area contributed by atoms with E-state index in [2.05, 4.69) is 47.8 Å². The highest BCUT2D eigenvalue weighted by atomic mass is 19.1. The minimum Gasteiger partial charge on any atom is -0.366 e. The highest BCUT2D eigenvalue weighted by Crippen LogP contribution is 2.31. The Morgan fingerprint density at radius 2 is 2.03 bits per heavy atom. The number of carbonyl (C=O) groups is 1. The molecule has 4 aromatic rings. The molecule has 0 spiro atoms. The lowest BCUT2D eigenvalue weighted by atomic mass is 10.1. The molecule has 4 heterocycles. The molecule has 3 aromatic heterocycles. The Bertz CT molecular complexity index is 1390. The molecule has 0 aliphatic carbocycles. The van der Waals surface area contributed by atoms with E-state index in [1.807, 2.05) is 12.1 Å². The summed E-state index contributed by atoms with van der Waals surface area (Å²) in [6.07, 6.45) is 7.03. The van der Waals surface area contributed by atoms with E-state index in [0.717, 1.165) is 31.4 Å². The molecule has 35 heavy (non-hydrogen) atoms. The molecule has 9 nitrogen and oxygen atoms in total. The summed E-state index contributed by atoms with van der Waals surface area (Å²) in [6, 6.07) is 10.3. The van der Waals surface area contributed by atoms with Crippen molar-refractivity contribution in [2.75, 3.05) is 29.0 Å². The van der Waals surface area contributed by atoms with E-state index in [-0.39, 0.29) is 11.5 Å². The molecular weight excluding hydrogens is 447 g/mol. The summed E-state index contributed by atoms with van der Waals surface area (Å²) >= 11 is 0. The Kier molecular flexibility index (Phi) is 6.27. The summed E-state index contributed by atoms with van der Waals surface area (Å²) in [6.45, 7) is 5.36. The van der Waals surface area contributed by atoms with Crippen molar-refractivity contribution in [1.82, 2.24) is 25.3 Å². The first kappa shape index (κ1) is 22.4. The van der Waals surface area contributed by atoms with E-state index in [1.54, 1.807) is 30.6 Å². The van der Waals surface area contributed by atoms with E-state index in [0.29, 0.717) is 40.0 Å². The molecule has 4 N–H and O–H groups in total. The highest BCUT2D eigenvalue weighted by Gasteiger charge is 2.16. The number of aromatic nitrogens is 4. The molecule has 10 heteroatoms. The number of rotatable bonds is 7. The van der Waals surface area contributed by atoms with E-state index in [9.17, 15) is 9.18 Å². The molecular formula is C25H23FN8O. The number of pyridine rings is 2. The smallest absolute Gasteiger partial charge is 0.247 e. The molecule has 1 atom stereocenters. The van der Waals surface area contributed by atoms with Crippen molar-refractivity contribution in [2.45, 2.75) is 12.5 Å². The molecule has 1 unspecified atom stereocenters. The lowest BCUT2D eigenvalue weighted by Gasteiger charge is -2.13. The molecule has 1 amide bonds. The fourth-order valence-corrected chi connectivity index (χ4v) is 3.88. The van der Waals surface area contributed by atoms with Crippen molar-refractivity contribution in [1.29, 1.82) is 0 Å². The van der Waals surface area contributed by atoms with Crippen molar-refractivity contribution in [3.05, 3.63) is 73.5 Å². The first-order chi connectivity index (χ1) is 17.1. The predicted octanol–water partition coefficient (Wildman–Crippen LogP) is 3.87. The Hall–Kier alpha value is -4.44. The van der Waals surface area contributed by atoms with Gasteiger partial charge in [0.2, 0.25) is 11.9 Å². The molecule has 5 rings (SSSR count). The van der Waals surface area contributed by atoms with Crippen molar-refractivity contribution in [3.8, 4) is 11.3 Å². The van der Waals surface area contributed by atoms with Crippen molar-refractivity contribution >= 4 is 40.0 Å². The van der Waals surface area contributed by atoms with E-state index >= 15 is 0 Å².